The molecule has 37 heavy (non-hydrogen) atoms. The summed E-state index contributed by atoms with van der Waals surface area (Å²) >= 11 is 0. The predicted octanol–water partition coefficient (Wildman–Crippen LogP) is 2.36. The van der Waals surface area contributed by atoms with E-state index in [4.69, 9.17) is 32.4 Å². The van der Waals surface area contributed by atoms with Crippen LogP contribution in [0.2, 0.25) is 0 Å². The van der Waals surface area contributed by atoms with Crippen molar-refractivity contribution in [3.8, 4) is 11.5 Å². The average molecular weight is 507 g/mol. The number of ether oxygens (including phenoxy) is 2. The molecule has 0 fully saturated rings. The van der Waals surface area contributed by atoms with E-state index in [0.717, 1.165) is 45.2 Å². The van der Waals surface area contributed by atoms with Gasteiger partial charge in [0.25, 0.3) is 11.6 Å². The molecule has 0 spiro atoms. The molecule has 4 aromatic rings. The second-order valence-electron chi connectivity index (χ2n) is 9.05. The van der Waals surface area contributed by atoms with Crippen molar-refractivity contribution in [3.63, 3.8) is 0 Å². The third-order valence-electron chi connectivity index (χ3n) is 6.21. The van der Waals surface area contributed by atoms with Gasteiger partial charge in [0.15, 0.2) is 0 Å². The molecule has 0 bridgehead atoms. The molecule has 10 nitrogen and oxygen atoms in total. The van der Waals surface area contributed by atoms with Crippen LogP contribution in [0.15, 0.2) is 61.2 Å². The van der Waals surface area contributed by atoms with E-state index < -0.39 is 0 Å². The zero-order valence-corrected chi connectivity index (χ0v) is 21.2. The van der Waals surface area contributed by atoms with E-state index in [0.29, 0.717) is 47.5 Å². The molecular formula is C27H38N8O2+2. The molecule has 0 aliphatic heterocycles. The van der Waals surface area contributed by atoms with Crippen LogP contribution < -0.4 is 41.5 Å². The number of nitrogens with two attached hydrogens (primary N) is 4. The number of nitrogens with zero attached hydrogens (tertiary/aromatic N) is 2. The molecule has 0 unspecified atom stereocenters. The van der Waals surface area contributed by atoms with Gasteiger partial charge in [0, 0.05) is 49.2 Å². The van der Waals surface area contributed by atoms with Gasteiger partial charge in [-0.25, -0.2) is 19.1 Å². The number of hydrogen-bond acceptors (Lipinski definition) is 6. The first-order valence-electron chi connectivity index (χ1n) is 12.7. The Morgan fingerprint density at radius 1 is 0.622 bits per heavy atom. The van der Waals surface area contributed by atoms with Crippen molar-refractivity contribution in [3.05, 3.63) is 72.8 Å². The van der Waals surface area contributed by atoms with Crippen molar-refractivity contribution in [2.75, 3.05) is 36.1 Å². The summed E-state index contributed by atoms with van der Waals surface area (Å²) in [6.45, 7) is 2.87. The fourth-order valence-electron chi connectivity index (χ4n) is 4.25. The lowest BCUT2D eigenvalue weighted by atomic mass is 10.2. The lowest BCUT2D eigenvalue weighted by Gasteiger charge is -2.09. The number of aryl methyl sites for hydroxylation is 4. The van der Waals surface area contributed by atoms with Crippen LogP contribution in [0.1, 0.15) is 30.9 Å². The minimum atomic E-state index is 0.571. The Bertz CT molecular complexity index is 1190. The first-order chi connectivity index (χ1) is 18.0. The quantitative estimate of drug-likeness (QED) is 0.0874. The Balaban J connectivity index is 1.17. The Morgan fingerprint density at radius 3 is 1.54 bits per heavy atom. The predicted molar refractivity (Wildman–Crippen MR) is 145 cm³/mol. The van der Waals surface area contributed by atoms with Gasteiger partial charge in [-0.1, -0.05) is 0 Å². The Hall–Kier alpha value is -4.34. The van der Waals surface area contributed by atoms with Crippen molar-refractivity contribution < 1.29 is 18.6 Å². The highest BCUT2D eigenvalue weighted by atomic mass is 16.5. The normalized spacial score (nSPS) is 11.0. The summed E-state index contributed by atoms with van der Waals surface area (Å²) in [6, 6.07) is 10.6. The molecule has 0 aliphatic rings. The van der Waals surface area contributed by atoms with E-state index in [-0.39, 0.29) is 0 Å². The standard InChI is InChI=1S/C27H36N8O2/c28-20-6-8-22(30)24(18-20)36-16-2-12-34-14-10-32-26(34)4-1-5-27-33-11-15-35(27)13-3-17-37-25-19-21(29)7-9-23(25)31/h6-11,14-15,18-19H,1-5,12-13,16-17,28-31H2/p+2. The minimum absolute atomic E-state index is 0.571. The average Bonchev–Trinajstić information content (AvgIpc) is 3.53. The molecule has 10 heteroatoms. The number of anilines is 4. The SMILES string of the molecule is Nc1ccc(N)c(OCCC[n+]2cc[nH]c2CCCc2[nH]cc[n+]2CCCOc2cc(N)ccc2N)c1. The Kier molecular flexibility index (Phi) is 8.75. The molecule has 0 amide bonds. The van der Waals surface area contributed by atoms with Crippen LogP contribution in [0.25, 0.3) is 0 Å². The fourth-order valence-corrected chi connectivity index (χ4v) is 4.25. The van der Waals surface area contributed by atoms with Gasteiger partial charge in [-0.15, -0.1) is 0 Å². The number of nitrogens with one attached hydrogen (secondary N) is 2. The summed E-state index contributed by atoms with van der Waals surface area (Å²) in [7, 11) is 0. The maximum absolute atomic E-state index is 5.95. The van der Waals surface area contributed by atoms with Crippen LogP contribution in [0.5, 0.6) is 11.5 Å². The molecule has 2 aromatic heterocycles. The number of aromatic nitrogens is 4. The maximum Gasteiger partial charge on any atom is 0.254 e. The van der Waals surface area contributed by atoms with Crippen LogP contribution in [0.3, 0.4) is 0 Å². The lowest BCUT2D eigenvalue weighted by molar-refractivity contribution is -0.704. The smallest absolute Gasteiger partial charge is 0.254 e. The zero-order chi connectivity index (χ0) is 26.0. The molecule has 0 aliphatic carbocycles. The zero-order valence-electron chi connectivity index (χ0n) is 21.2. The summed E-state index contributed by atoms with van der Waals surface area (Å²) in [6.07, 6.45) is 12.8. The first kappa shape index (κ1) is 25.7. The van der Waals surface area contributed by atoms with Gasteiger partial charge in [-0.2, -0.15) is 0 Å². The molecule has 0 saturated carbocycles. The first-order valence-corrected chi connectivity index (χ1v) is 12.7. The van der Waals surface area contributed by atoms with Gasteiger partial charge < -0.3 is 32.4 Å². The summed E-state index contributed by atoms with van der Waals surface area (Å²) in [5.74, 6) is 3.68. The van der Waals surface area contributed by atoms with Crippen LogP contribution in [0, 0.1) is 0 Å². The molecule has 4 rings (SSSR count). The monoisotopic (exact) mass is 506 g/mol. The molecule has 0 radical (unpaired) electrons. The Labute approximate surface area is 217 Å². The number of hydrogen-bond donors (Lipinski definition) is 6. The molecule has 10 N–H and O–H groups in total. The highest BCUT2D eigenvalue weighted by Crippen LogP contribution is 2.24. The van der Waals surface area contributed by atoms with Gasteiger partial charge in [-0.3, -0.25) is 0 Å². The van der Waals surface area contributed by atoms with Crippen LogP contribution in [-0.2, 0) is 25.9 Å². The van der Waals surface area contributed by atoms with E-state index in [2.05, 4.69) is 31.5 Å². The van der Waals surface area contributed by atoms with Crippen molar-refractivity contribution in [1.29, 1.82) is 0 Å². The van der Waals surface area contributed by atoms with Crippen molar-refractivity contribution in [1.82, 2.24) is 9.97 Å². The second-order valence-corrected chi connectivity index (χ2v) is 9.05. The van der Waals surface area contributed by atoms with Crippen molar-refractivity contribution >= 4 is 22.7 Å². The second kappa shape index (κ2) is 12.6. The van der Waals surface area contributed by atoms with E-state index in [1.54, 1.807) is 36.4 Å². The fraction of sp³-hybridized carbons (Fsp3) is 0.333. The molecule has 2 aromatic carbocycles. The largest absolute Gasteiger partial charge is 0.491 e. The molecule has 196 valence electrons. The molecular weight excluding hydrogens is 468 g/mol. The minimum Gasteiger partial charge on any atom is -0.491 e. The number of imidazole rings is 2. The highest BCUT2D eigenvalue weighted by Gasteiger charge is 2.14. The van der Waals surface area contributed by atoms with E-state index in [9.17, 15) is 0 Å². The molecule has 0 saturated heterocycles. The summed E-state index contributed by atoms with van der Waals surface area (Å²) in [4.78, 5) is 6.75. The number of rotatable bonds is 14. The van der Waals surface area contributed by atoms with Gasteiger partial charge >= 0.3 is 0 Å². The number of H-pyrrole nitrogens is 2. The van der Waals surface area contributed by atoms with Gasteiger partial charge in [0.1, 0.15) is 36.3 Å². The van der Waals surface area contributed by atoms with Crippen molar-refractivity contribution in [2.45, 2.75) is 45.2 Å². The van der Waals surface area contributed by atoms with Crippen LogP contribution >= 0.6 is 0 Å². The molecule has 2 heterocycles. The topological polar surface area (TPSA) is 162 Å². The third-order valence-corrected chi connectivity index (χ3v) is 6.21. The number of aromatic amines is 2. The Morgan fingerprint density at radius 2 is 1.08 bits per heavy atom. The highest BCUT2D eigenvalue weighted by molar-refractivity contribution is 5.60. The van der Waals surface area contributed by atoms with Gasteiger partial charge in [0.05, 0.1) is 37.7 Å². The number of benzene rings is 2. The summed E-state index contributed by atoms with van der Waals surface area (Å²) in [5, 5.41) is 0. The van der Waals surface area contributed by atoms with E-state index in [1.807, 2.05) is 12.4 Å². The van der Waals surface area contributed by atoms with E-state index >= 15 is 0 Å². The van der Waals surface area contributed by atoms with Gasteiger partial charge in [-0.05, 0) is 30.7 Å². The van der Waals surface area contributed by atoms with Gasteiger partial charge in [0.2, 0.25) is 0 Å². The summed E-state index contributed by atoms with van der Waals surface area (Å²) < 4.78 is 16.1. The summed E-state index contributed by atoms with van der Waals surface area (Å²) in [5.41, 5.74) is 26.0. The van der Waals surface area contributed by atoms with E-state index in [1.165, 1.54) is 11.6 Å². The molecule has 0 atom stereocenters. The third kappa shape index (κ3) is 7.33. The lowest BCUT2D eigenvalue weighted by Crippen LogP contribution is -2.38. The van der Waals surface area contributed by atoms with Crippen LogP contribution in [-0.4, -0.2) is 23.2 Å². The maximum atomic E-state index is 5.95. The van der Waals surface area contributed by atoms with Crippen molar-refractivity contribution in [2.24, 2.45) is 0 Å². The van der Waals surface area contributed by atoms with Crippen LogP contribution in [0.4, 0.5) is 22.7 Å². The number of nitrogen functional groups attached to an aromatic ring is 4.